The van der Waals surface area contributed by atoms with Crippen molar-refractivity contribution in [3.05, 3.63) is 29.3 Å². The number of hydrogen-bond donors (Lipinski definition) is 1. The SMILES string of the molecule is COC1CN(C(=O)c2cc(F)cc(N)c2F)CCC1C. The summed E-state index contributed by atoms with van der Waals surface area (Å²) in [5, 5.41) is 0. The molecule has 1 aliphatic rings. The maximum absolute atomic E-state index is 13.9. The van der Waals surface area contributed by atoms with Crippen molar-refractivity contribution in [1.29, 1.82) is 0 Å². The first-order valence-corrected chi connectivity index (χ1v) is 6.50. The number of rotatable bonds is 2. The summed E-state index contributed by atoms with van der Waals surface area (Å²) in [4.78, 5) is 13.8. The average molecular weight is 284 g/mol. The second kappa shape index (κ2) is 5.75. The maximum atomic E-state index is 13.9. The van der Waals surface area contributed by atoms with Gasteiger partial charge in [0.25, 0.3) is 5.91 Å². The number of anilines is 1. The molecule has 1 aromatic rings. The minimum absolute atomic E-state index is 0.0957. The molecule has 110 valence electrons. The van der Waals surface area contributed by atoms with E-state index in [-0.39, 0.29) is 17.4 Å². The monoisotopic (exact) mass is 284 g/mol. The van der Waals surface area contributed by atoms with Gasteiger partial charge in [-0.15, -0.1) is 0 Å². The number of carbonyl (C=O) groups is 1. The van der Waals surface area contributed by atoms with Crippen molar-refractivity contribution in [3.63, 3.8) is 0 Å². The van der Waals surface area contributed by atoms with Gasteiger partial charge in [0.15, 0.2) is 5.82 Å². The van der Waals surface area contributed by atoms with Gasteiger partial charge in [-0.1, -0.05) is 6.92 Å². The molecule has 1 aliphatic heterocycles. The van der Waals surface area contributed by atoms with Crippen molar-refractivity contribution < 1.29 is 18.3 Å². The third-order valence-corrected chi connectivity index (χ3v) is 3.78. The Morgan fingerprint density at radius 2 is 2.15 bits per heavy atom. The van der Waals surface area contributed by atoms with E-state index in [0.717, 1.165) is 18.6 Å². The summed E-state index contributed by atoms with van der Waals surface area (Å²) < 4.78 is 32.5. The second-order valence-corrected chi connectivity index (χ2v) is 5.15. The lowest BCUT2D eigenvalue weighted by Crippen LogP contribution is -2.46. The molecule has 1 heterocycles. The largest absolute Gasteiger partial charge is 0.396 e. The molecule has 4 nitrogen and oxygen atoms in total. The molecule has 20 heavy (non-hydrogen) atoms. The van der Waals surface area contributed by atoms with E-state index < -0.39 is 17.5 Å². The fourth-order valence-electron chi connectivity index (χ4n) is 2.46. The highest BCUT2D eigenvalue weighted by Crippen LogP contribution is 2.24. The molecule has 0 bridgehead atoms. The van der Waals surface area contributed by atoms with Crippen LogP contribution in [0.3, 0.4) is 0 Å². The summed E-state index contributed by atoms with van der Waals surface area (Å²) in [7, 11) is 1.58. The lowest BCUT2D eigenvalue weighted by atomic mass is 9.95. The molecule has 0 saturated carbocycles. The quantitative estimate of drug-likeness (QED) is 0.846. The van der Waals surface area contributed by atoms with E-state index in [2.05, 4.69) is 0 Å². The van der Waals surface area contributed by atoms with Crippen LogP contribution in [0.1, 0.15) is 23.7 Å². The summed E-state index contributed by atoms with van der Waals surface area (Å²) in [6, 6.07) is 1.75. The van der Waals surface area contributed by atoms with Gasteiger partial charge in [0.05, 0.1) is 17.4 Å². The maximum Gasteiger partial charge on any atom is 0.257 e. The third-order valence-electron chi connectivity index (χ3n) is 3.78. The summed E-state index contributed by atoms with van der Waals surface area (Å²) in [5.74, 6) is -1.82. The van der Waals surface area contributed by atoms with Crippen LogP contribution in [-0.2, 0) is 4.74 Å². The first-order valence-electron chi connectivity index (χ1n) is 6.50. The van der Waals surface area contributed by atoms with Gasteiger partial charge in [0.1, 0.15) is 5.82 Å². The summed E-state index contributed by atoms with van der Waals surface area (Å²) in [6.45, 7) is 2.90. The van der Waals surface area contributed by atoms with Crippen molar-refractivity contribution in [2.24, 2.45) is 5.92 Å². The van der Waals surface area contributed by atoms with Gasteiger partial charge in [0, 0.05) is 20.2 Å². The van der Waals surface area contributed by atoms with Crippen LogP contribution in [0.25, 0.3) is 0 Å². The molecule has 2 N–H and O–H groups in total. The van der Waals surface area contributed by atoms with Gasteiger partial charge >= 0.3 is 0 Å². The molecule has 2 rings (SSSR count). The van der Waals surface area contributed by atoms with Crippen LogP contribution >= 0.6 is 0 Å². The first kappa shape index (κ1) is 14.7. The minimum Gasteiger partial charge on any atom is -0.396 e. The Morgan fingerprint density at radius 3 is 2.80 bits per heavy atom. The zero-order valence-electron chi connectivity index (χ0n) is 11.5. The fraction of sp³-hybridized carbons (Fsp3) is 0.500. The number of ether oxygens (including phenoxy) is 1. The molecule has 6 heteroatoms. The zero-order chi connectivity index (χ0) is 14.9. The number of likely N-dealkylation sites (tertiary alicyclic amines) is 1. The molecule has 0 spiro atoms. The Labute approximate surface area is 116 Å². The van der Waals surface area contributed by atoms with E-state index in [1.807, 2.05) is 6.92 Å². The lowest BCUT2D eigenvalue weighted by molar-refractivity contribution is -0.00173. The number of piperidine rings is 1. The normalized spacial score (nSPS) is 22.9. The number of hydrogen-bond acceptors (Lipinski definition) is 3. The number of benzene rings is 1. The Morgan fingerprint density at radius 1 is 1.45 bits per heavy atom. The van der Waals surface area contributed by atoms with Gasteiger partial charge in [-0.05, 0) is 24.5 Å². The lowest BCUT2D eigenvalue weighted by Gasteiger charge is -2.36. The highest BCUT2D eigenvalue weighted by molar-refractivity contribution is 5.95. The molecule has 0 radical (unpaired) electrons. The van der Waals surface area contributed by atoms with E-state index >= 15 is 0 Å². The van der Waals surface area contributed by atoms with Crippen LogP contribution in [0.2, 0.25) is 0 Å². The van der Waals surface area contributed by atoms with Gasteiger partial charge < -0.3 is 15.4 Å². The van der Waals surface area contributed by atoms with Crippen LogP contribution in [0.15, 0.2) is 12.1 Å². The zero-order valence-corrected chi connectivity index (χ0v) is 11.5. The van der Waals surface area contributed by atoms with E-state index in [9.17, 15) is 13.6 Å². The first-order chi connectivity index (χ1) is 9.43. The number of nitrogen functional groups attached to an aromatic ring is 1. The second-order valence-electron chi connectivity index (χ2n) is 5.15. The minimum atomic E-state index is -0.871. The average Bonchev–Trinajstić information content (AvgIpc) is 2.42. The van der Waals surface area contributed by atoms with E-state index in [1.54, 1.807) is 7.11 Å². The van der Waals surface area contributed by atoms with Crippen LogP contribution in [-0.4, -0.2) is 37.1 Å². The smallest absolute Gasteiger partial charge is 0.257 e. The summed E-state index contributed by atoms with van der Waals surface area (Å²) >= 11 is 0. The van der Waals surface area contributed by atoms with Gasteiger partial charge in [-0.25, -0.2) is 8.78 Å². The highest BCUT2D eigenvalue weighted by atomic mass is 19.1. The topological polar surface area (TPSA) is 55.6 Å². The molecular formula is C14H18F2N2O2. The van der Waals surface area contributed by atoms with Gasteiger partial charge in [0.2, 0.25) is 0 Å². The van der Waals surface area contributed by atoms with Crippen molar-refractivity contribution >= 4 is 11.6 Å². The molecule has 1 aromatic carbocycles. The van der Waals surface area contributed by atoms with Gasteiger partial charge in [-0.3, -0.25) is 4.79 Å². The molecule has 1 saturated heterocycles. The molecular weight excluding hydrogens is 266 g/mol. The number of amides is 1. The molecule has 2 unspecified atom stereocenters. The number of halogens is 2. The number of methoxy groups -OCH3 is 1. The molecule has 1 fully saturated rings. The molecule has 1 amide bonds. The standard InChI is InChI=1S/C14H18F2N2O2/c1-8-3-4-18(7-12(8)20-2)14(19)10-5-9(15)6-11(17)13(10)16/h5-6,8,12H,3-4,7,17H2,1-2H3. The van der Waals surface area contributed by atoms with Crippen LogP contribution in [0.5, 0.6) is 0 Å². The van der Waals surface area contributed by atoms with Crippen LogP contribution in [0, 0.1) is 17.6 Å². The van der Waals surface area contributed by atoms with Crippen molar-refractivity contribution in [2.75, 3.05) is 25.9 Å². The van der Waals surface area contributed by atoms with E-state index in [0.29, 0.717) is 19.0 Å². The number of nitrogens with two attached hydrogens (primary N) is 1. The Balaban J connectivity index is 2.24. The number of nitrogens with zero attached hydrogens (tertiary/aromatic N) is 1. The Hall–Kier alpha value is -1.69. The predicted octanol–water partition coefficient (Wildman–Crippen LogP) is 2.04. The van der Waals surface area contributed by atoms with E-state index in [4.69, 9.17) is 10.5 Å². The fourth-order valence-corrected chi connectivity index (χ4v) is 2.46. The van der Waals surface area contributed by atoms with Crippen molar-refractivity contribution in [2.45, 2.75) is 19.4 Å². The predicted molar refractivity (Wildman–Crippen MR) is 71.3 cm³/mol. The number of carbonyl (C=O) groups excluding carboxylic acids is 1. The Kier molecular flexibility index (Phi) is 4.23. The summed E-state index contributed by atoms with van der Waals surface area (Å²) in [5.41, 5.74) is 4.67. The molecule has 2 atom stereocenters. The van der Waals surface area contributed by atoms with Gasteiger partial charge in [-0.2, -0.15) is 0 Å². The Bertz CT molecular complexity index is 522. The third kappa shape index (κ3) is 2.75. The summed E-state index contributed by atoms with van der Waals surface area (Å²) in [6.07, 6.45) is 0.665. The van der Waals surface area contributed by atoms with Crippen molar-refractivity contribution in [3.8, 4) is 0 Å². The molecule has 0 aliphatic carbocycles. The highest BCUT2D eigenvalue weighted by Gasteiger charge is 2.30. The molecule has 0 aromatic heterocycles. The van der Waals surface area contributed by atoms with Crippen molar-refractivity contribution in [1.82, 2.24) is 4.90 Å². The van der Waals surface area contributed by atoms with E-state index in [1.165, 1.54) is 4.90 Å². The van der Waals surface area contributed by atoms with Crippen LogP contribution in [0.4, 0.5) is 14.5 Å². The van der Waals surface area contributed by atoms with Crippen LogP contribution < -0.4 is 5.73 Å².